The highest BCUT2D eigenvalue weighted by Gasteiger charge is 2.21. The maximum absolute atomic E-state index is 11.2. The number of carbonyl (C=O) groups is 1. The second-order valence-electron chi connectivity index (χ2n) is 4.28. The van der Waals surface area contributed by atoms with Crippen molar-refractivity contribution in [1.82, 2.24) is 4.90 Å². The lowest BCUT2D eigenvalue weighted by Crippen LogP contribution is -2.37. The maximum Gasteiger partial charge on any atom is 0.219 e. The Balaban J connectivity index is 1.88. The molecule has 1 aromatic carbocycles. The first kappa shape index (κ1) is 13.0. The third kappa shape index (κ3) is 3.75. The molecule has 1 aliphatic heterocycles. The van der Waals surface area contributed by atoms with Gasteiger partial charge >= 0.3 is 0 Å². The molecule has 0 aliphatic carbocycles. The van der Waals surface area contributed by atoms with Crippen LogP contribution < -0.4 is 0 Å². The number of amides is 1. The molecule has 0 bridgehead atoms. The van der Waals surface area contributed by atoms with E-state index in [1.807, 2.05) is 22.7 Å². The van der Waals surface area contributed by atoms with Crippen molar-refractivity contribution in [2.45, 2.75) is 29.9 Å². The molecule has 0 unspecified atom stereocenters. The molecule has 2 rings (SSSR count). The zero-order valence-electron chi connectivity index (χ0n) is 9.86. The van der Waals surface area contributed by atoms with Gasteiger partial charge in [-0.25, -0.2) is 0 Å². The van der Waals surface area contributed by atoms with Crippen LogP contribution in [0.25, 0.3) is 0 Å². The SMILES string of the molecule is CC(=O)N1CCC(Sc2cccc(Br)c2)CC1. The molecule has 1 aromatic rings. The molecule has 2 nitrogen and oxygen atoms in total. The number of carbonyl (C=O) groups excluding carboxylic acids is 1. The fourth-order valence-corrected chi connectivity index (χ4v) is 3.76. The Kier molecular flexibility index (Phi) is 4.51. The van der Waals surface area contributed by atoms with E-state index >= 15 is 0 Å². The predicted molar refractivity (Wildman–Crippen MR) is 75.3 cm³/mol. The molecule has 1 fully saturated rings. The van der Waals surface area contributed by atoms with E-state index < -0.39 is 0 Å². The Morgan fingerprint density at radius 1 is 1.41 bits per heavy atom. The molecule has 1 heterocycles. The minimum Gasteiger partial charge on any atom is -0.343 e. The lowest BCUT2D eigenvalue weighted by molar-refractivity contribution is -0.129. The van der Waals surface area contributed by atoms with Crippen LogP contribution in [0.3, 0.4) is 0 Å². The summed E-state index contributed by atoms with van der Waals surface area (Å²) in [5, 5.41) is 0.639. The monoisotopic (exact) mass is 313 g/mol. The fraction of sp³-hybridized carbons (Fsp3) is 0.462. The van der Waals surface area contributed by atoms with E-state index in [1.165, 1.54) is 4.90 Å². The third-order valence-corrected chi connectivity index (χ3v) is 4.81. The van der Waals surface area contributed by atoms with Gasteiger partial charge in [0.2, 0.25) is 5.91 Å². The Hall–Kier alpha value is -0.480. The summed E-state index contributed by atoms with van der Waals surface area (Å²) in [5.41, 5.74) is 0. The molecule has 4 heteroatoms. The smallest absolute Gasteiger partial charge is 0.219 e. The molecule has 1 saturated heterocycles. The number of hydrogen-bond donors (Lipinski definition) is 0. The molecule has 0 radical (unpaired) electrons. The number of halogens is 1. The van der Waals surface area contributed by atoms with Crippen LogP contribution in [0.15, 0.2) is 33.6 Å². The minimum atomic E-state index is 0.205. The second kappa shape index (κ2) is 5.91. The van der Waals surface area contributed by atoms with Crippen LogP contribution in [-0.2, 0) is 4.79 Å². The maximum atomic E-state index is 11.2. The minimum absolute atomic E-state index is 0.205. The van der Waals surface area contributed by atoms with Crippen molar-refractivity contribution in [3.63, 3.8) is 0 Å². The Bertz CT molecular complexity index is 402. The average Bonchev–Trinajstić information content (AvgIpc) is 2.29. The number of rotatable bonds is 2. The number of hydrogen-bond acceptors (Lipinski definition) is 2. The molecule has 0 N–H and O–H groups in total. The largest absolute Gasteiger partial charge is 0.343 e. The van der Waals surface area contributed by atoms with E-state index in [0.717, 1.165) is 30.4 Å². The van der Waals surface area contributed by atoms with E-state index in [1.54, 1.807) is 6.92 Å². The number of likely N-dealkylation sites (tertiary alicyclic amines) is 1. The van der Waals surface area contributed by atoms with Crippen LogP contribution in [-0.4, -0.2) is 29.1 Å². The average molecular weight is 314 g/mol. The fourth-order valence-electron chi connectivity index (χ4n) is 2.02. The first-order valence-corrected chi connectivity index (χ1v) is 7.50. The number of thioether (sulfide) groups is 1. The van der Waals surface area contributed by atoms with Crippen LogP contribution in [0.2, 0.25) is 0 Å². The summed E-state index contributed by atoms with van der Waals surface area (Å²) in [6, 6.07) is 8.41. The van der Waals surface area contributed by atoms with Crippen LogP contribution in [0.4, 0.5) is 0 Å². The summed E-state index contributed by atoms with van der Waals surface area (Å²) >= 11 is 5.41. The van der Waals surface area contributed by atoms with Gasteiger partial charge < -0.3 is 4.90 Å². The van der Waals surface area contributed by atoms with Gasteiger partial charge in [-0.3, -0.25) is 4.79 Å². The van der Waals surface area contributed by atoms with Crippen LogP contribution in [0.1, 0.15) is 19.8 Å². The van der Waals surface area contributed by atoms with E-state index in [2.05, 4.69) is 34.1 Å². The van der Waals surface area contributed by atoms with Crippen molar-refractivity contribution in [3.8, 4) is 0 Å². The first-order valence-electron chi connectivity index (χ1n) is 5.83. The van der Waals surface area contributed by atoms with Crippen molar-refractivity contribution in [1.29, 1.82) is 0 Å². The molecular weight excluding hydrogens is 298 g/mol. The normalized spacial score (nSPS) is 17.2. The van der Waals surface area contributed by atoms with Gasteiger partial charge in [0.25, 0.3) is 0 Å². The van der Waals surface area contributed by atoms with Gasteiger partial charge in [-0.15, -0.1) is 11.8 Å². The zero-order valence-corrected chi connectivity index (χ0v) is 12.3. The lowest BCUT2D eigenvalue weighted by atomic mass is 10.1. The number of benzene rings is 1. The number of piperidine rings is 1. The van der Waals surface area contributed by atoms with Crippen molar-refractivity contribution >= 4 is 33.6 Å². The molecule has 1 amide bonds. The molecule has 1 aliphatic rings. The van der Waals surface area contributed by atoms with Gasteiger partial charge in [0.05, 0.1) is 0 Å². The topological polar surface area (TPSA) is 20.3 Å². The van der Waals surface area contributed by atoms with E-state index in [0.29, 0.717) is 5.25 Å². The zero-order chi connectivity index (χ0) is 12.3. The Morgan fingerprint density at radius 2 is 2.12 bits per heavy atom. The standard InChI is InChI=1S/C13H16BrNOS/c1-10(16)15-7-5-12(6-8-15)17-13-4-2-3-11(14)9-13/h2-4,9,12H,5-8H2,1H3. The third-order valence-electron chi connectivity index (χ3n) is 2.99. The molecule has 0 saturated carbocycles. The van der Waals surface area contributed by atoms with Gasteiger partial charge in [-0.05, 0) is 31.0 Å². The van der Waals surface area contributed by atoms with Crippen molar-refractivity contribution < 1.29 is 4.79 Å². The molecule has 0 spiro atoms. The quantitative estimate of drug-likeness (QED) is 0.832. The van der Waals surface area contributed by atoms with E-state index in [9.17, 15) is 4.79 Å². The van der Waals surface area contributed by atoms with Gasteiger partial charge in [0, 0.05) is 34.6 Å². The lowest BCUT2D eigenvalue weighted by Gasteiger charge is -2.30. The van der Waals surface area contributed by atoms with Gasteiger partial charge in [-0.1, -0.05) is 22.0 Å². The number of nitrogens with zero attached hydrogens (tertiary/aromatic N) is 1. The summed E-state index contributed by atoms with van der Waals surface area (Å²) in [5.74, 6) is 0.205. The Morgan fingerprint density at radius 3 is 2.71 bits per heavy atom. The highest BCUT2D eigenvalue weighted by atomic mass is 79.9. The predicted octanol–water partition coefficient (Wildman–Crippen LogP) is 3.55. The molecular formula is C13H16BrNOS. The van der Waals surface area contributed by atoms with E-state index in [-0.39, 0.29) is 5.91 Å². The van der Waals surface area contributed by atoms with Crippen molar-refractivity contribution in [2.75, 3.05) is 13.1 Å². The Labute approximate surface area is 115 Å². The highest BCUT2D eigenvalue weighted by molar-refractivity contribution is 9.10. The summed E-state index contributed by atoms with van der Waals surface area (Å²) < 4.78 is 1.13. The summed E-state index contributed by atoms with van der Waals surface area (Å²) in [6.07, 6.45) is 2.19. The van der Waals surface area contributed by atoms with Crippen molar-refractivity contribution in [2.24, 2.45) is 0 Å². The van der Waals surface area contributed by atoms with E-state index in [4.69, 9.17) is 0 Å². The molecule has 0 aromatic heterocycles. The second-order valence-corrected chi connectivity index (χ2v) is 6.57. The van der Waals surface area contributed by atoms with Crippen LogP contribution in [0.5, 0.6) is 0 Å². The summed E-state index contributed by atoms with van der Waals surface area (Å²) in [4.78, 5) is 14.5. The molecule has 0 atom stereocenters. The first-order chi connectivity index (χ1) is 8.15. The van der Waals surface area contributed by atoms with Gasteiger partial charge in [0.1, 0.15) is 0 Å². The van der Waals surface area contributed by atoms with Gasteiger partial charge in [0.15, 0.2) is 0 Å². The van der Waals surface area contributed by atoms with Crippen LogP contribution in [0, 0.1) is 0 Å². The van der Waals surface area contributed by atoms with Crippen LogP contribution >= 0.6 is 27.7 Å². The summed E-state index contributed by atoms with van der Waals surface area (Å²) in [6.45, 7) is 3.46. The highest BCUT2D eigenvalue weighted by Crippen LogP contribution is 2.31. The molecule has 92 valence electrons. The molecule has 17 heavy (non-hydrogen) atoms. The van der Waals surface area contributed by atoms with Crippen molar-refractivity contribution in [3.05, 3.63) is 28.7 Å². The summed E-state index contributed by atoms with van der Waals surface area (Å²) in [7, 11) is 0. The van der Waals surface area contributed by atoms with Gasteiger partial charge in [-0.2, -0.15) is 0 Å².